The first-order chi connectivity index (χ1) is 16.3. The van der Waals surface area contributed by atoms with E-state index in [4.69, 9.17) is 17.3 Å². The number of rotatable bonds is 4. The normalized spacial score (nSPS) is 16.4. The highest BCUT2D eigenvalue weighted by molar-refractivity contribution is 6.31. The second-order valence-electron chi connectivity index (χ2n) is 8.34. The van der Waals surface area contributed by atoms with Gasteiger partial charge in [0.25, 0.3) is 0 Å². The summed E-state index contributed by atoms with van der Waals surface area (Å²) in [5, 5.41) is 5.50. The SMILES string of the molecule is Cc1cc(N2CCN(C(=O)Cn3nc(-c4ncc[nH]4)c4c(N)ncnc43)[C@@H](C)C2)c(F)cc1Cl. The Hall–Kier alpha value is -3.73. The third-order valence-corrected chi connectivity index (χ3v) is 6.49. The molecule has 1 aliphatic heterocycles. The maximum Gasteiger partial charge on any atom is 0.244 e. The highest BCUT2D eigenvalue weighted by Gasteiger charge is 2.30. The van der Waals surface area contributed by atoms with Crippen molar-refractivity contribution in [2.24, 2.45) is 0 Å². The molecule has 1 atom stereocenters. The van der Waals surface area contributed by atoms with Gasteiger partial charge >= 0.3 is 0 Å². The molecule has 176 valence electrons. The maximum atomic E-state index is 14.5. The zero-order chi connectivity index (χ0) is 24.0. The average molecular weight is 484 g/mol. The number of halogens is 2. The second-order valence-corrected chi connectivity index (χ2v) is 8.74. The van der Waals surface area contributed by atoms with Crippen LogP contribution in [0.2, 0.25) is 5.02 Å². The van der Waals surface area contributed by atoms with Crippen molar-refractivity contribution in [1.82, 2.24) is 34.6 Å². The first-order valence-corrected chi connectivity index (χ1v) is 11.2. The van der Waals surface area contributed by atoms with Gasteiger partial charge in [-0.25, -0.2) is 24.0 Å². The topological polar surface area (TPSA) is 122 Å². The van der Waals surface area contributed by atoms with Gasteiger partial charge in [-0.3, -0.25) is 4.79 Å². The Balaban J connectivity index is 1.37. The summed E-state index contributed by atoms with van der Waals surface area (Å²) in [5.41, 5.74) is 8.33. The van der Waals surface area contributed by atoms with Crippen molar-refractivity contribution in [3.63, 3.8) is 0 Å². The van der Waals surface area contributed by atoms with E-state index in [9.17, 15) is 9.18 Å². The molecule has 1 saturated heterocycles. The van der Waals surface area contributed by atoms with Gasteiger partial charge in [-0.1, -0.05) is 11.6 Å². The van der Waals surface area contributed by atoms with Crippen molar-refractivity contribution in [2.75, 3.05) is 30.3 Å². The Kier molecular flexibility index (Phi) is 5.56. The van der Waals surface area contributed by atoms with Gasteiger partial charge in [-0.15, -0.1) is 0 Å². The quantitative estimate of drug-likeness (QED) is 0.457. The second kappa shape index (κ2) is 8.56. The smallest absolute Gasteiger partial charge is 0.244 e. The van der Waals surface area contributed by atoms with Crippen LogP contribution in [0.4, 0.5) is 15.9 Å². The van der Waals surface area contributed by atoms with Crippen LogP contribution in [-0.2, 0) is 11.3 Å². The van der Waals surface area contributed by atoms with Gasteiger partial charge in [0.05, 0.1) is 11.1 Å². The van der Waals surface area contributed by atoms with Gasteiger partial charge in [0, 0.05) is 43.1 Å². The van der Waals surface area contributed by atoms with E-state index < -0.39 is 0 Å². The lowest BCUT2D eigenvalue weighted by Crippen LogP contribution is -2.55. The van der Waals surface area contributed by atoms with E-state index in [2.05, 4.69) is 25.0 Å². The van der Waals surface area contributed by atoms with Crippen molar-refractivity contribution in [3.05, 3.63) is 47.3 Å². The predicted molar refractivity (Wildman–Crippen MR) is 127 cm³/mol. The van der Waals surface area contributed by atoms with Crippen LogP contribution in [0, 0.1) is 12.7 Å². The third kappa shape index (κ3) is 3.81. The van der Waals surface area contributed by atoms with Gasteiger partial charge in [0.1, 0.15) is 30.2 Å². The number of nitrogen functional groups attached to an aromatic ring is 1. The van der Waals surface area contributed by atoms with E-state index in [0.29, 0.717) is 52.9 Å². The lowest BCUT2D eigenvalue weighted by atomic mass is 10.1. The maximum absolute atomic E-state index is 14.5. The molecular formula is C22H23ClFN9O. The van der Waals surface area contributed by atoms with Crippen LogP contribution in [0.3, 0.4) is 0 Å². The fourth-order valence-corrected chi connectivity index (χ4v) is 4.50. The summed E-state index contributed by atoms with van der Waals surface area (Å²) in [4.78, 5) is 32.6. The number of aryl methyl sites for hydroxylation is 1. The molecule has 1 fully saturated rings. The Morgan fingerprint density at radius 2 is 2.12 bits per heavy atom. The van der Waals surface area contributed by atoms with E-state index in [-0.39, 0.29) is 30.1 Å². The van der Waals surface area contributed by atoms with E-state index in [1.54, 1.807) is 23.4 Å². The number of nitrogens with one attached hydrogen (secondary N) is 1. The van der Waals surface area contributed by atoms with Crippen LogP contribution in [0.15, 0.2) is 30.9 Å². The van der Waals surface area contributed by atoms with Crippen LogP contribution < -0.4 is 10.6 Å². The number of fused-ring (bicyclic) bond motifs is 1. The zero-order valence-corrected chi connectivity index (χ0v) is 19.4. The Bertz CT molecular complexity index is 1370. The molecule has 0 saturated carbocycles. The fraction of sp³-hybridized carbons (Fsp3) is 0.318. The Morgan fingerprint density at radius 3 is 2.85 bits per heavy atom. The number of benzene rings is 1. The molecule has 12 heteroatoms. The molecule has 34 heavy (non-hydrogen) atoms. The lowest BCUT2D eigenvalue weighted by Gasteiger charge is -2.41. The molecule has 10 nitrogen and oxygen atoms in total. The molecule has 0 aliphatic carbocycles. The fourth-order valence-electron chi connectivity index (χ4n) is 4.35. The lowest BCUT2D eigenvalue weighted by molar-refractivity contribution is -0.134. The molecular weight excluding hydrogens is 461 g/mol. The average Bonchev–Trinajstić information content (AvgIpc) is 3.45. The summed E-state index contributed by atoms with van der Waals surface area (Å²) in [6.07, 6.45) is 4.63. The van der Waals surface area contributed by atoms with Crippen LogP contribution in [-0.4, -0.2) is 66.2 Å². The number of hydrogen-bond acceptors (Lipinski definition) is 7. The van der Waals surface area contributed by atoms with Crippen LogP contribution in [0.5, 0.6) is 0 Å². The Labute approximate surface area is 199 Å². The molecule has 5 rings (SSSR count). The molecule has 0 bridgehead atoms. The van der Waals surface area contributed by atoms with Crippen LogP contribution in [0.25, 0.3) is 22.6 Å². The minimum Gasteiger partial charge on any atom is -0.383 e. The molecule has 0 radical (unpaired) electrons. The van der Waals surface area contributed by atoms with Crippen molar-refractivity contribution >= 4 is 40.0 Å². The van der Waals surface area contributed by atoms with Gasteiger partial charge in [-0.05, 0) is 31.5 Å². The summed E-state index contributed by atoms with van der Waals surface area (Å²) >= 11 is 6.04. The highest BCUT2D eigenvalue weighted by atomic mass is 35.5. The first-order valence-electron chi connectivity index (χ1n) is 10.8. The molecule has 0 spiro atoms. The number of aromatic amines is 1. The van der Waals surface area contributed by atoms with Crippen molar-refractivity contribution in [2.45, 2.75) is 26.4 Å². The van der Waals surface area contributed by atoms with Gasteiger partial charge < -0.3 is 20.5 Å². The van der Waals surface area contributed by atoms with Crippen molar-refractivity contribution in [1.29, 1.82) is 0 Å². The number of nitrogens with two attached hydrogens (primary N) is 1. The first kappa shape index (κ1) is 22.1. The third-order valence-electron chi connectivity index (χ3n) is 6.08. The summed E-state index contributed by atoms with van der Waals surface area (Å²) < 4.78 is 16.1. The molecule has 4 aromatic rings. The number of imidazole rings is 1. The summed E-state index contributed by atoms with van der Waals surface area (Å²) in [5.74, 6) is 0.290. The van der Waals surface area contributed by atoms with Gasteiger partial charge in [0.15, 0.2) is 11.5 Å². The number of piperazine rings is 1. The van der Waals surface area contributed by atoms with E-state index >= 15 is 0 Å². The number of aromatic nitrogens is 6. The Morgan fingerprint density at radius 1 is 1.29 bits per heavy atom. The minimum atomic E-state index is -0.367. The van der Waals surface area contributed by atoms with Crippen LogP contribution in [0.1, 0.15) is 12.5 Å². The summed E-state index contributed by atoms with van der Waals surface area (Å²) in [6.45, 7) is 5.21. The van der Waals surface area contributed by atoms with Crippen LogP contribution >= 0.6 is 11.6 Å². The molecule has 3 aromatic heterocycles. The van der Waals surface area contributed by atoms with Gasteiger partial charge in [-0.2, -0.15) is 5.10 Å². The number of anilines is 2. The summed E-state index contributed by atoms with van der Waals surface area (Å²) in [6, 6.07) is 2.95. The van der Waals surface area contributed by atoms with E-state index in [0.717, 1.165) is 5.56 Å². The number of hydrogen-bond donors (Lipinski definition) is 2. The predicted octanol–water partition coefficient (Wildman–Crippen LogP) is 2.64. The number of nitrogens with zero attached hydrogens (tertiary/aromatic N) is 7. The van der Waals surface area contributed by atoms with E-state index in [1.807, 2.05) is 18.7 Å². The molecule has 0 unspecified atom stereocenters. The largest absolute Gasteiger partial charge is 0.383 e. The molecule has 4 heterocycles. The number of carbonyl (C=O) groups is 1. The monoisotopic (exact) mass is 483 g/mol. The number of amides is 1. The highest BCUT2D eigenvalue weighted by Crippen LogP contribution is 2.30. The van der Waals surface area contributed by atoms with Crippen molar-refractivity contribution < 1.29 is 9.18 Å². The zero-order valence-electron chi connectivity index (χ0n) is 18.7. The molecule has 1 amide bonds. The molecule has 3 N–H and O–H groups in total. The molecule has 1 aliphatic rings. The molecule has 1 aromatic carbocycles. The van der Waals surface area contributed by atoms with E-state index in [1.165, 1.54) is 17.1 Å². The number of H-pyrrole nitrogens is 1. The standard InChI is InChI=1S/C22H23ClFN9O/c1-12-7-16(15(24)8-14(12)23)31-5-6-32(13(2)9-31)17(34)10-33-22-18(20(25)28-11-29-22)19(30-33)21-26-3-4-27-21/h3-4,7-8,11,13H,5-6,9-10H2,1-2H3,(H,26,27)(H2,25,28,29)/t13-/m0/s1. The minimum absolute atomic E-state index is 0.0214. The van der Waals surface area contributed by atoms with Crippen molar-refractivity contribution in [3.8, 4) is 11.5 Å². The summed E-state index contributed by atoms with van der Waals surface area (Å²) in [7, 11) is 0. The van der Waals surface area contributed by atoms with Gasteiger partial charge in [0.2, 0.25) is 5.91 Å². The number of carbonyl (C=O) groups excluding carboxylic acids is 1.